The number of benzene rings is 2. The molecule has 0 aliphatic heterocycles. The molecule has 0 aromatic heterocycles. The number of carbonyl (C=O) groups excluding carboxylic acids is 2. The van der Waals surface area contributed by atoms with Crippen molar-refractivity contribution in [3.05, 3.63) is 71.8 Å². The third kappa shape index (κ3) is 8.25. The van der Waals surface area contributed by atoms with Crippen LogP contribution < -0.4 is 0 Å². The molecule has 0 fully saturated rings. The Balaban J connectivity index is 2.19. The average Bonchev–Trinajstić information content (AvgIpc) is 2.81. The van der Waals surface area contributed by atoms with Crippen LogP contribution in [-0.4, -0.2) is 38.5 Å². The standard InChI is InChI=1S/C22H26FO7P/c1-27-21(24)19(13-20(23)22(25)28-2)16-31(26,29-14-17-9-5-3-6-10-17)30-15-18-11-7-4-8-12-18/h3-12,19-20H,13-16H2,1-2H3/t19-,20+/m0/s1. The third-order valence-corrected chi connectivity index (χ3v) is 6.40. The molecule has 2 rings (SSSR count). The average molecular weight is 452 g/mol. The van der Waals surface area contributed by atoms with Gasteiger partial charge in [-0.1, -0.05) is 60.7 Å². The van der Waals surface area contributed by atoms with Crippen LogP contribution in [0.3, 0.4) is 0 Å². The van der Waals surface area contributed by atoms with Gasteiger partial charge in [0.15, 0.2) is 6.17 Å². The first-order valence-corrected chi connectivity index (χ1v) is 11.4. The molecule has 0 aliphatic carbocycles. The number of alkyl halides is 1. The predicted octanol–water partition coefficient (Wildman–Crippen LogP) is 4.30. The molecule has 0 spiro atoms. The number of halogens is 1. The van der Waals surface area contributed by atoms with Crippen LogP contribution in [-0.2, 0) is 45.9 Å². The number of carbonyl (C=O) groups is 2. The van der Waals surface area contributed by atoms with Crippen LogP contribution in [0, 0.1) is 5.92 Å². The Morgan fingerprint density at radius 2 is 1.29 bits per heavy atom. The molecule has 0 bridgehead atoms. The molecule has 0 saturated carbocycles. The Bertz CT molecular complexity index is 828. The highest BCUT2D eigenvalue weighted by Crippen LogP contribution is 2.52. The summed E-state index contributed by atoms with van der Waals surface area (Å²) in [5, 5.41) is 0. The minimum absolute atomic E-state index is 0.0309. The first-order valence-electron chi connectivity index (χ1n) is 9.62. The zero-order chi connectivity index (χ0) is 22.7. The second-order valence-corrected chi connectivity index (χ2v) is 8.86. The fraction of sp³-hybridized carbons (Fsp3) is 0.364. The van der Waals surface area contributed by atoms with E-state index in [9.17, 15) is 18.5 Å². The Kier molecular flexibility index (Phi) is 9.85. The summed E-state index contributed by atoms with van der Waals surface area (Å²) in [6.07, 6.45) is -3.09. The van der Waals surface area contributed by atoms with E-state index in [0.29, 0.717) is 0 Å². The van der Waals surface area contributed by atoms with Crippen molar-refractivity contribution in [3.8, 4) is 0 Å². The van der Waals surface area contributed by atoms with Crippen LogP contribution >= 0.6 is 7.60 Å². The van der Waals surface area contributed by atoms with Gasteiger partial charge in [0.1, 0.15) is 0 Å². The van der Waals surface area contributed by atoms with Crippen molar-refractivity contribution in [1.82, 2.24) is 0 Å². The zero-order valence-corrected chi connectivity index (χ0v) is 18.3. The largest absolute Gasteiger partial charge is 0.469 e. The highest BCUT2D eigenvalue weighted by atomic mass is 31.2. The summed E-state index contributed by atoms with van der Waals surface area (Å²) in [5.74, 6) is -3.17. The lowest BCUT2D eigenvalue weighted by atomic mass is 10.0. The van der Waals surface area contributed by atoms with Gasteiger partial charge in [0.2, 0.25) is 0 Å². The molecule has 31 heavy (non-hydrogen) atoms. The quantitative estimate of drug-likeness (QED) is 0.350. The molecule has 168 valence electrons. The van der Waals surface area contributed by atoms with Crippen LogP contribution in [0.4, 0.5) is 4.39 Å². The van der Waals surface area contributed by atoms with E-state index in [1.807, 2.05) is 12.1 Å². The number of hydrogen-bond donors (Lipinski definition) is 0. The van der Waals surface area contributed by atoms with Crippen LogP contribution in [0.25, 0.3) is 0 Å². The summed E-state index contributed by atoms with van der Waals surface area (Å²) in [4.78, 5) is 23.7. The normalized spacial score (nSPS) is 13.3. The Labute approximate surface area is 181 Å². The lowest BCUT2D eigenvalue weighted by Gasteiger charge is -2.23. The highest BCUT2D eigenvalue weighted by molar-refractivity contribution is 7.53. The topological polar surface area (TPSA) is 88.1 Å². The molecule has 0 radical (unpaired) electrons. The summed E-state index contributed by atoms with van der Waals surface area (Å²) in [7, 11) is -1.72. The minimum atomic E-state index is -3.89. The zero-order valence-electron chi connectivity index (χ0n) is 17.4. The van der Waals surface area contributed by atoms with Gasteiger partial charge in [0.25, 0.3) is 0 Å². The molecule has 0 heterocycles. The first kappa shape index (κ1) is 24.7. The molecule has 7 nitrogen and oxygen atoms in total. The van der Waals surface area contributed by atoms with Gasteiger partial charge in [-0.3, -0.25) is 9.36 Å². The van der Waals surface area contributed by atoms with Gasteiger partial charge in [-0.15, -0.1) is 0 Å². The Hall–Kier alpha value is -2.54. The van der Waals surface area contributed by atoms with E-state index >= 15 is 0 Å². The lowest BCUT2D eigenvalue weighted by Crippen LogP contribution is -2.28. The number of methoxy groups -OCH3 is 2. The second-order valence-electron chi connectivity index (χ2n) is 6.76. The molecule has 0 amide bonds. The van der Waals surface area contributed by atoms with E-state index in [0.717, 1.165) is 25.3 Å². The first-order chi connectivity index (χ1) is 14.9. The maximum absolute atomic E-state index is 14.2. The highest BCUT2D eigenvalue weighted by Gasteiger charge is 2.37. The van der Waals surface area contributed by atoms with Crippen LogP contribution in [0.1, 0.15) is 17.5 Å². The maximum atomic E-state index is 14.2. The second kappa shape index (κ2) is 12.3. The molecule has 0 saturated heterocycles. The van der Waals surface area contributed by atoms with Gasteiger partial charge < -0.3 is 18.5 Å². The molecular formula is C22H26FO7P. The minimum Gasteiger partial charge on any atom is -0.469 e. The molecular weight excluding hydrogens is 426 g/mol. The Morgan fingerprint density at radius 3 is 1.71 bits per heavy atom. The summed E-state index contributed by atoms with van der Waals surface area (Å²) < 4.78 is 48.0. The number of esters is 2. The van der Waals surface area contributed by atoms with Crippen molar-refractivity contribution in [2.75, 3.05) is 20.4 Å². The Morgan fingerprint density at radius 1 is 0.839 bits per heavy atom. The fourth-order valence-electron chi connectivity index (χ4n) is 2.79. The monoisotopic (exact) mass is 452 g/mol. The molecule has 9 heteroatoms. The number of ether oxygens (including phenoxy) is 2. The molecule has 0 aliphatic rings. The summed E-state index contributed by atoms with van der Waals surface area (Å²) in [6.45, 7) is -0.0618. The van der Waals surface area contributed by atoms with Gasteiger partial charge in [-0.25, -0.2) is 9.18 Å². The SMILES string of the molecule is COC(=O)[C@@H](C[C@@H](F)C(=O)OC)CP(=O)(OCc1ccccc1)OCc1ccccc1. The van der Waals surface area contributed by atoms with Gasteiger partial charge in [-0.2, -0.15) is 0 Å². The molecule has 0 N–H and O–H groups in total. The van der Waals surface area contributed by atoms with Gasteiger partial charge >= 0.3 is 19.5 Å². The lowest BCUT2D eigenvalue weighted by molar-refractivity contribution is -0.150. The number of rotatable bonds is 12. The van der Waals surface area contributed by atoms with E-state index in [2.05, 4.69) is 4.74 Å². The maximum Gasteiger partial charge on any atom is 0.340 e. The van der Waals surface area contributed by atoms with Crippen molar-refractivity contribution in [1.29, 1.82) is 0 Å². The van der Waals surface area contributed by atoms with Crippen molar-refractivity contribution in [3.63, 3.8) is 0 Å². The van der Waals surface area contributed by atoms with Crippen LogP contribution in [0.2, 0.25) is 0 Å². The molecule has 2 aromatic carbocycles. The van der Waals surface area contributed by atoms with Crippen molar-refractivity contribution in [2.24, 2.45) is 5.92 Å². The summed E-state index contributed by atoms with van der Waals surface area (Å²) in [6, 6.07) is 18.0. The van der Waals surface area contributed by atoms with Gasteiger partial charge in [0, 0.05) is 6.42 Å². The predicted molar refractivity (Wildman–Crippen MR) is 112 cm³/mol. The third-order valence-electron chi connectivity index (χ3n) is 4.47. The van der Waals surface area contributed by atoms with Crippen molar-refractivity contribution in [2.45, 2.75) is 25.8 Å². The molecule has 0 unspecified atom stereocenters. The van der Waals surface area contributed by atoms with Crippen LogP contribution in [0.5, 0.6) is 0 Å². The van der Waals surface area contributed by atoms with E-state index in [-0.39, 0.29) is 13.2 Å². The van der Waals surface area contributed by atoms with E-state index in [1.54, 1.807) is 48.5 Å². The molecule has 2 aromatic rings. The summed E-state index contributed by atoms with van der Waals surface area (Å²) >= 11 is 0. The molecule has 2 atom stereocenters. The van der Waals surface area contributed by atoms with E-state index in [1.165, 1.54) is 0 Å². The van der Waals surface area contributed by atoms with Gasteiger partial charge in [-0.05, 0) is 11.1 Å². The van der Waals surface area contributed by atoms with Crippen LogP contribution in [0.15, 0.2) is 60.7 Å². The van der Waals surface area contributed by atoms with Crippen molar-refractivity contribution >= 4 is 19.5 Å². The van der Waals surface area contributed by atoms with E-state index < -0.39 is 44.2 Å². The number of hydrogen-bond acceptors (Lipinski definition) is 7. The fourth-order valence-corrected chi connectivity index (χ4v) is 4.61. The van der Waals surface area contributed by atoms with E-state index in [4.69, 9.17) is 13.8 Å². The van der Waals surface area contributed by atoms with Gasteiger partial charge in [0.05, 0.1) is 39.5 Å². The van der Waals surface area contributed by atoms with Crippen molar-refractivity contribution < 1.29 is 37.1 Å². The summed E-state index contributed by atoms with van der Waals surface area (Å²) in [5.41, 5.74) is 1.50. The smallest absolute Gasteiger partial charge is 0.340 e.